The molecule has 1 atom stereocenters. The lowest BCUT2D eigenvalue weighted by Gasteiger charge is -2.24. The fraction of sp³-hybridized carbons (Fsp3) is 0.304. The molecule has 0 aliphatic carbocycles. The fourth-order valence-electron chi connectivity index (χ4n) is 3.83. The molecule has 0 bridgehead atoms. The first-order valence-electron chi connectivity index (χ1n) is 9.71. The first-order valence-corrected chi connectivity index (χ1v) is 9.71. The van der Waals surface area contributed by atoms with E-state index in [1.165, 1.54) is 16.8 Å². The third-order valence-electron chi connectivity index (χ3n) is 5.07. The number of benzene rings is 2. The van der Waals surface area contributed by atoms with Crippen LogP contribution in [0.4, 0.5) is 17.3 Å². The van der Waals surface area contributed by atoms with Gasteiger partial charge in [0.2, 0.25) is 0 Å². The molecule has 0 saturated carbocycles. The molecule has 1 unspecified atom stereocenters. The van der Waals surface area contributed by atoms with Gasteiger partial charge in [0.1, 0.15) is 17.5 Å². The zero-order valence-electron chi connectivity index (χ0n) is 16.0. The molecule has 1 aliphatic rings. The summed E-state index contributed by atoms with van der Waals surface area (Å²) in [5, 5.41) is 3.48. The van der Waals surface area contributed by atoms with Gasteiger partial charge in [0.15, 0.2) is 0 Å². The summed E-state index contributed by atoms with van der Waals surface area (Å²) in [6.45, 7) is 5.12. The van der Waals surface area contributed by atoms with Crippen LogP contribution in [0.3, 0.4) is 0 Å². The Bertz CT molecular complexity index is 907. The van der Waals surface area contributed by atoms with Gasteiger partial charge in [-0.2, -0.15) is 0 Å². The highest BCUT2D eigenvalue weighted by atomic mass is 15.2. The van der Waals surface area contributed by atoms with E-state index in [-0.39, 0.29) is 0 Å². The van der Waals surface area contributed by atoms with Crippen LogP contribution in [0.1, 0.15) is 30.3 Å². The molecule has 4 heteroatoms. The Morgan fingerprint density at radius 3 is 2.67 bits per heavy atom. The maximum atomic E-state index is 4.72. The Morgan fingerprint density at radius 1 is 1.04 bits per heavy atom. The summed E-state index contributed by atoms with van der Waals surface area (Å²) in [6, 6.07) is 21.7. The van der Waals surface area contributed by atoms with E-state index in [0.717, 1.165) is 43.3 Å². The zero-order valence-corrected chi connectivity index (χ0v) is 16.0. The number of rotatable bonds is 6. The number of anilines is 3. The first-order chi connectivity index (χ1) is 13.2. The van der Waals surface area contributed by atoms with Crippen LogP contribution in [0, 0.1) is 6.92 Å². The highest BCUT2D eigenvalue weighted by molar-refractivity contribution is 5.70. The molecule has 1 aliphatic heterocycles. The molecule has 4 rings (SSSR count). The molecule has 4 nitrogen and oxygen atoms in total. The van der Waals surface area contributed by atoms with E-state index in [2.05, 4.69) is 82.8 Å². The summed E-state index contributed by atoms with van der Waals surface area (Å²) in [5.74, 6) is 2.68. The van der Waals surface area contributed by atoms with Crippen molar-refractivity contribution in [2.75, 3.05) is 16.8 Å². The summed E-state index contributed by atoms with van der Waals surface area (Å²) in [7, 11) is 0. The number of nitrogens with zero attached hydrogens (tertiary/aromatic N) is 3. The molecule has 0 saturated heterocycles. The number of hydrogen-bond acceptors (Lipinski definition) is 4. The summed E-state index contributed by atoms with van der Waals surface area (Å²) in [5.41, 5.74) is 4.03. The van der Waals surface area contributed by atoms with E-state index in [1.54, 1.807) is 0 Å². The third kappa shape index (κ3) is 3.95. The Balaban J connectivity index is 1.46. The van der Waals surface area contributed by atoms with Crippen molar-refractivity contribution in [3.05, 3.63) is 77.6 Å². The molecule has 0 spiro atoms. The van der Waals surface area contributed by atoms with Crippen LogP contribution >= 0.6 is 0 Å². The van der Waals surface area contributed by atoms with Crippen LogP contribution in [-0.2, 0) is 12.8 Å². The van der Waals surface area contributed by atoms with Gasteiger partial charge in [0.05, 0.1) is 0 Å². The number of nitrogens with one attached hydrogen (secondary N) is 1. The number of fused-ring (bicyclic) bond motifs is 1. The summed E-state index contributed by atoms with van der Waals surface area (Å²) >= 11 is 0. The lowest BCUT2D eigenvalue weighted by molar-refractivity contribution is 0.747. The van der Waals surface area contributed by atoms with Gasteiger partial charge < -0.3 is 10.2 Å². The van der Waals surface area contributed by atoms with Crippen molar-refractivity contribution >= 4 is 17.3 Å². The monoisotopic (exact) mass is 358 g/mol. The Hall–Kier alpha value is -2.88. The molecule has 1 aromatic heterocycles. The molecule has 138 valence electrons. The van der Waals surface area contributed by atoms with Crippen LogP contribution in [-0.4, -0.2) is 22.6 Å². The van der Waals surface area contributed by atoms with Crippen molar-refractivity contribution in [2.24, 2.45) is 0 Å². The van der Waals surface area contributed by atoms with E-state index in [4.69, 9.17) is 4.98 Å². The van der Waals surface area contributed by atoms with Crippen LogP contribution in [0.15, 0.2) is 60.7 Å². The standard InChI is InChI=1S/C23H26N4/c1-17-15-20-12-6-7-13-21(20)27(17)23-16-22(25-18(2)26-23)24-14-8-11-19-9-4-3-5-10-19/h3-7,9-10,12-13,16-17H,8,11,14-15H2,1-2H3,(H,24,25,26). The Kier molecular flexibility index (Phi) is 5.05. The van der Waals surface area contributed by atoms with Crippen molar-refractivity contribution < 1.29 is 0 Å². The summed E-state index contributed by atoms with van der Waals surface area (Å²) in [6.07, 6.45) is 3.20. The lowest BCUT2D eigenvalue weighted by atomic mass is 10.1. The van der Waals surface area contributed by atoms with Gasteiger partial charge in [-0.25, -0.2) is 9.97 Å². The predicted molar refractivity (Wildman–Crippen MR) is 112 cm³/mol. The van der Waals surface area contributed by atoms with E-state index >= 15 is 0 Å². The molecule has 27 heavy (non-hydrogen) atoms. The molecular weight excluding hydrogens is 332 g/mol. The largest absolute Gasteiger partial charge is 0.370 e. The lowest BCUT2D eigenvalue weighted by Crippen LogP contribution is -2.25. The SMILES string of the molecule is Cc1nc(NCCCc2ccccc2)cc(N2c3ccccc3CC2C)n1. The van der Waals surface area contributed by atoms with Crippen molar-refractivity contribution in [1.29, 1.82) is 0 Å². The van der Waals surface area contributed by atoms with Gasteiger partial charge in [0, 0.05) is 24.3 Å². The quantitative estimate of drug-likeness (QED) is 0.636. The average molecular weight is 358 g/mol. The topological polar surface area (TPSA) is 41.1 Å². The molecule has 0 amide bonds. The maximum absolute atomic E-state index is 4.72. The van der Waals surface area contributed by atoms with Crippen molar-refractivity contribution in [3.8, 4) is 0 Å². The molecule has 0 fully saturated rings. The minimum absolute atomic E-state index is 0.405. The predicted octanol–water partition coefficient (Wildman–Crippen LogP) is 4.91. The van der Waals surface area contributed by atoms with Crippen molar-refractivity contribution in [3.63, 3.8) is 0 Å². The van der Waals surface area contributed by atoms with Crippen LogP contribution in [0.2, 0.25) is 0 Å². The highest BCUT2D eigenvalue weighted by Gasteiger charge is 2.28. The average Bonchev–Trinajstić information content (AvgIpc) is 3.01. The van der Waals surface area contributed by atoms with Gasteiger partial charge in [-0.05, 0) is 50.3 Å². The van der Waals surface area contributed by atoms with Crippen molar-refractivity contribution in [2.45, 2.75) is 39.2 Å². The van der Waals surface area contributed by atoms with Gasteiger partial charge in [0.25, 0.3) is 0 Å². The van der Waals surface area contributed by atoms with Crippen LogP contribution in [0.5, 0.6) is 0 Å². The molecule has 2 aromatic carbocycles. The second-order valence-electron chi connectivity index (χ2n) is 7.23. The Labute approximate surface area is 161 Å². The third-order valence-corrected chi connectivity index (χ3v) is 5.07. The van der Waals surface area contributed by atoms with E-state index in [1.807, 2.05) is 6.92 Å². The maximum Gasteiger partial charge on any atom is 0.139 e. The van der Waals surface area contributed by atoms with Gasteiger partial charge in [-0.15, -0.1) is 0 Å². The van der Waals surface area contributed by atoms with E-state index in [0.29, 0.717) is 6.04 Å². The number of aryl methyl sites for hydroxylation is 2. The second kappa shape index (κ2) is 7.78. The first kappa shape index (κ1) is 17.5. The molecular formula is C23H26N4. The van der Waals surface area contributed by atoms with Crippen LogP contribution < -0.4 is 10.2 Å². The second-order valence-corrected chi connectivity index (χ2v) is 7.23. The molecule has 1 N–H and O–H groups in total. The summed E-state index contributed by atoms with van der Waals surface area (Å²) < 4.78 is 0. The van der Waals surface area contributed by atoms with Crippen molar-refractivity contribution in [1.82, 2.24) is 9.97 Å². The smallest absolute Gasteiger partial charge is 0.139 e. The van der Waals surface area contributed by atoms with E-state index in [9.17, 15) is 0 Å². The van der Waals surface area contributed by atoms with Crippen LogP contribution in [0.25, 0.3) is 0 Å². The van der Waals surface area contributed by atoms with Gasteiger partial charge >= 0.3 is 0 Å². The zero-order chi connectivity index (χ0) is 18.6. The minimum atomic E-state index is 0.405. The highest BCUT2D eigenvalue weighted by Crippen LogP contribution is 2.37. The van der Waals surface area contributed by atoms with Gasteiger partial charge in [-0.1, -0.05) is 48.5 Å². The van der Waals surface area contributed by atoms with E-state index < -0.39 is 0 Å². The number of hydrogen-bond donors (Lipinski definition) is 1. The molecule has 2 heterocycles. The van der Waals surface area contributed by atoms with Gasteiger partial charge in [-0.3, -0.25) is 0 Å². The summed E-state index contributed by atoms with van der Waals surface area (Å²) in [4.78, 5) is 11.6. The normalized spacial score (nSPS) is 15.6. The fourth-order valence-corrected chi connectivity index (χ4v) is 3.83. The number of aromatic nitrogens is 2. The molecule has 0 radical (unpaired) electrons. The molecule has 3 aromatic rings. The number of para-hydroxylation sites is 1. The Morgan fingerprint density at radius 2 is 1.81 bits per heavy atom. The minimum Gasteiger partial charge on any atom is -0.370 e.